The summed E-state index contributed by atoms with van der Waals surface area (Å²) in [5, 5.41) is 3.75. The second-order valence-electron chi connectivity index (χ2n) is 9.62. The van der Waals surface area contributed by atoms with E-state index in [1.54, 1.807) is 38.0 Å². The number of amides is 1. The Morgan fingerprint density at radius 3 is 2.76 bits per heavy atom. The summed E-state index contributed by atoms with van der Waals surface area (Å²) in [6, 6.07) is 9.27. The van der Waals surface area contributed by atoms with E-state index < -0.39 is 0 Å². The number of nitrogens with one attached hydrogen (secondary N) is 1. The van der Waals surface area contributed by atoms with Crippen molar-refractivity contribution in [3.8, 4) is 11.5 Å². The lowest BCUT2D eigenvalue weighted by Gasteiger charge is -2.33. The third kappa shape index (κ3) is 5.20. The number of furan rings is 1. The van der Waals surface area contributed by atoms with E-state index in [1.807, 2.05) is 30.3 Å². The van der Waals surface area contributed by atoms with Crippen LogP contribution in [0.15, 0.2) is 46.0 Å². The highest BCUT2D eigenvalue weighted by molar-refractivity contribution is 7.16. The molecule has 0 fully saturated rings. The van der Waals surface area contributed by atoms with Gasteiger partial charge in [-0.05, 0) is 60.4 Å². The fourth-order valence-corrected chi connectivity index (χ4v) is 5.63. The maximum Gasteiger partial charge on any atom is 0.255 e. The van der Waals surface area contributed by atoms with Crippen molar-refractivity contribution >= 4 is 28.5 Å². The van der Waals surface area contributed by atoms with E-state index in [4.69, 9.17) is 18.9 Å². The number of hydrogen-bond donors (Lipinski definition) is 1. The molecule has 0 spiro atoms. The number of methoxy groups -OCH3 is 2. The SMILES string of the molecule is COc1ccc(C=Nc2sc3c(c2C(=O)NCc2ccco2)CC[C@H](C(C)(C)C)C3)c(OC)c1. The normalized spacial score (nSPS) is 15.9. The molecule has 0 saturated heterocycles. The predicted octanol–water partition coefficient (Wildman–Crippen LogP) is 6.19. The van der Waals surface area contributed by atoms with Gasteiger partial charge in [-0.3, -0.25) is 4.79 Å². The highest BCUT2D eigenvalue weighted by atomic mass is 32.1. The molecule has 1 atom stereocenters. The van der Waals surface area contributed by atoms with Crippen LogP contribution in [-0.2, 0) is 19.4 Å². The van der Waals surface area contributed by atoms with Crippen LogP contribution >= 0.6 is 11.3 Å². The van der Waals surface area contributed by atoms with Crippen LogP contribution in [0.25, 0.3) is 0 Å². The molecule has 0 aliphatic heterocycles. The van der Waals surface area contributed by atoms with E-state index in [0.29, 0.717) is 29.5 Å². The second-order valence-corrected chi connectivity index (χ2v) is 10.7. The lowest BCUT2D eigenvalue weighted by molar-refractivity contribution is 0.0947. The minimum Gasteiger partial charge on any atom is -0.497 e. The van der Waals surface area contributed by atoms with E-state index in [-0.39, 0.29) is 11.3 Å². The molecule has 1 aromatic carbocycles. The van der Waals surface area contributed by atoms with Gasteiger partial charge in [0.15, 0.2) is 0 Å². The molecule has 6 nitrogen and oxygen atoms in total. The van der Waals surface area contributed by atoms with Crippen molar-refractivity contribution in [3.05, 3.63) is 63.9 Å². The lowest BCUT2D eigenvalue weighted by atomic mass is 9.72. The Morgan fingerprint density at radius 2 is 2.09 bits per heavy atom. The molecule has 2 aromatic heterocycles. The van der Waals surface area contributed by atoms with Crippen molar-refractivity contribution < 1.29 is 18.7 Å². The summed E-state index contributed by atoms with van der Waals surface area (Å²) >= 11 is 1.63. The summed E-state index contributed by atoms with van der Waals surface area (Å²) in [4.78, 5) is 19.4. The molecule has 34 heavy (non-hydrogen) atoms. The van der Waals surface area contributed by atoms with Crippen LogP contribution < -0.4 is 14.8 Å². The van der Waals surface area contributed by atoms with Gasteiger partial charge in [0, 0.05) is 22.7 Å². The number of thiophene rings is 1. The Bertz CT molecular complexity index is 1170. The topological polar surface area (TPSA) is 73.1 Å². The minimum atomic E-state index is -0.114. The monoisotopic (exact) mass is 480 g/mol. The molecule has 0 radical (unpaired) electrons. The third-order valence-electron chi connectivity index (χ3n) is 6.46. The average molecular weight is 481 g/mol. The summed E-state index contributed by atoms with van der Waals surface area (Å²) in [5.74, 6) is 2.57. The Kier molecular flexibility index (Phi) is 7.12. The number of carbonyl (C=O) groups excluding carboxylic acids is 1. The van der Waals surface area contributed by atoms with Gasteiger partial charge >= 0.3 is 0 Å². The summed E-state index contributed by atoms with van der Waals surface area (Å²) in [5.41, 5.74) is 2.87. The van der Waals surface area contributed by atoms with Gasteiger partial charge in [-0.15, -0.1) is 11.3 Å². The minimum absolute atomic E-state index is 0.114. The molecule has 3 aromatic rings. The molecule has 180 valence electrons. The zero-order valence-corrected chi connectivity index (χ0v) is 21.3. The van der Waals surface area contributed by atoms with Crippen LogP contribution in [0.4, 0.5) is 5.00 Å². The van der Waals surface area contributed by atoms with E-state index >= 15 is 0 Å². The molecule has 1 N–H and O–H groups in total. The molecule has 1 aliphatic rings. The lowest BCUT2D eigenvalue weighted by Crippen LogP contribution is -2.28. The second kappa shape index (κ2) is 10.1. The summed E-state index contributed by atoms with van der Waals surface area (Å²) < 4.78 is 16.2. The van der Waals surface area contributed by atoms with Gasteiger partial charge < -0.3 is 19.2 Å². The van der Waals surface area contributed by atoms with Crippen LogP contribution in [0, 0.1) is 11.3 Å². The van der Waals surface area contributed by atoms with E-state index in [0.717, 1.165) is 41.2 Å². The first-order valence-electron chi connectivity index (χ1n) is 11.5. The first kappa shape index (κ1) is 24.1. The van der Waals surface area contributed by atoms with E-state index in [2.05, 4.69) is 26.1 Å². The maximum atomic E-state index is 13.3. The fraction of sp³-hybridized carbons (Fsp3) is 0.407. The number of ether oxygens (including phenoxy) is 2. The summed E-state index contributed by atoms with van der Waals surface area (Å²) in [6.07, 6.45) is 6.31. The molecule has 1 amide bonds. The number of benzene rings is 1. The molecule has 0 bridgehead atoms. The number of fused-ring (bicyclic) bond motifs is 1. The van der Waals surface area contributed by atoms with Gasteiger partial charge in [0.05, 0.1) is 32.6 Å². The zero-order chi connectivity index (χ0) is 24.3. The quantitative estimate of drug-likeness (QED) is 0.409. The molecule has 2 heterocycles. The van der Waals surface area contributed by atoms with Gasteiger partial charge in [0.25, 0.3) is 5.91 Å². The van der Waals surface area contributed by atoms with Crippen LogP contribution in [0.1, 0.15) is 59.3 Å². The standard InChI is InChI=1S/C27H32N2O4S/c1-27(2,3)18-9-11-21-23(13-18)34-26(24(21)25(30)28-16-20-7-6-12-33-20)29-15-17-8-10-19(31-4)14-22(17)32-5/h6-8,10,12,14-15,18H,9,11,13,16H2,1-5H3,(H,28,30)/t18-/m0/s1. The number of hydrogen-bond acceptors (Lipinski definition) is 6. The third-order valence-corrected chi connectivity index (χ3v) is 7.63. The van der Waals surface area contributed by atoms with Gasteiger partial charge in [-0.25, -0.2) is 4.99 Å². The van der Waals surface area contributed by atoms with Crippen LogP contribution in [0.5, 0.6) is 11.5 Å². The molecule has 4 rings (SSSR count). The van der Waals surface area contributed by atoms with E-state index in [1.165, 1.54) is 4.88 Å². The molecule has 7 heteroatoms. The number of aliphatic imine (C=N–C) groups is 1. The molecular weight excluding hydrogens is 448 g/mol. The van der Waals surface area contributed by atoms with Crippen molar-refractivity contribution in [3.63, 3.8) is 0 Å². The highest BCUT2D eigenvalue weighted by Crippen LogP contribution is 2.45. The average Bonchev–Trinajstić information content (AvgIpc) is 3.47. The molecule has 0 unspecified atom stereocenters. The Labute approximate surface area is 205 Å². The number of rotatable bonds is 7. The van der Waals surface area contributed by atoms with Gasteiger partial charge in [0.1, 0.15) is 22.3 Å². The molecule has 1 aliphatic carbocycles. The Morgan fingerprint density at radius 1 is 1.26 bits per heavy atom. The number of carbonyl (C=O) groups is 1. The van der Waals surface area contributed by atoms with Gasteiger partial charge in [0.2, 0.25) is 0 Å². The Balaban J connectivity index is 1.67. The van der Waals surface area contributed by atoms with Crippen molar-refractivity contribution in [2.45, 2.75) is 46.6 Å². The van der Waals surface area contributed by atoms with Crippen LogP contribution in [0.2, 0.25) is 0 Å². The zero-order valence-electron chi connectivity index (χ0n) is 20.4. The Hall–Kier alpha value is -3.06. The van der Waals surface area contributed by atoms with Crippen molar-refractivity contribution in [1.82, 2.24) is 5.32 Å². The first-order valence-corrected chi connectivity index (χ1v) is 12.3. The maximum absolute atomic E-state index is 13.3. The number of nitrogens with zero attached hydrogens (tertiary/aromatic N) is 1. The van der Waals surface area contributed by atoms with Crippen molar-refractivity contribution in [1.29, 1.82) is 0 Å². The summed E-state index contributed by atoms with van der Waals surface area (Å²) in [6.45, 7) is 7.23. The largest absolute Gasteiger partial charge is 0.497 e. The van der Waals surface area contributed by atoms with Crippen LogP contribution in [-0.4, -0.2) is 26.3 Å². The predicted molar refractivity (Wildman–Crippen MR) is 136 cm³/mol. The van der Waals surface area contributed by atoms with Crippen LogP contribution in [0.3, 0.4) is 0 Å². The van der Waals surface area contributed by atoms with Gasteiger partial charge in [-0.2, -0.15) is 0 Å². The van der Waals surface area contributed by atoms with E-state index in [9.17, 15) is 4.79 Å². The van der Waals surface area contributed by atoms with Gasteiger partial charge in [-0.1, -0.05) is 20.8 Å². The highest BCUT2D eigenvalue weighted by Gasteiger charge is 2.33. The summed E-state index contributed by atoms with van der Waals surface area (Å²) in [7, 11) is 3.24. The molecular formula is C27H32N2O4S. The van der Waals surface area contributed by atoms with Crippen molar-refractivity contribution in [2.24, 2.45) is 16.3 Å². The molecule has 0 saturated carbocycles. The first-order chi connectivity index (χ1) is 16.3. The smallest absolute Gasteiger partial charge is 0.255 e. The van der Waals surface area contributed by atoms with Crippen molar-refractivity contribution in [2.75, 3.05) is 14.2 Å². The fourth-order valence-electron chi connectivity index (χ4n) is 4.36.